The topological polar surface area (TPSA) is 54.5 Å². The van der Waals surface area contributed by atoms with Gasteiger partial charge in [-0.25, -0.2) is 4.39 Å². The van der Waals surface area contributed by atoms with Gasteiger partial charge in [0.05, 0.1) is 10.2 Å². The lowest BCUT2D eigenvalue weighted by Crippen LogP contribution is -2.24. The molecule has 0 radical (unpaired) electrons. The first-order valence-corrected chi connectivity index (χ1v) is 10.4. The number of aromatic nitrogens is 1. The molecule has 0 unspecified atom stereocenters. The van der Waals surface area contributed by atoms with Crippen molar-refractivity contribution in [2.45, 2.75) is 19.8 Å². The van der Waals surface area contributed by atoms with Crippen LogP contribution < -0.4 is 10.1 Å². The lowest BCUT2D eigenvalue weighted by atomic mass is 10.1. The van der Waals surface area contributed by atoms with Crippen LogP contribution in [0.25, 0.3) is 15.8 Å². The van der Waals surface area contributed by atoms with Gasteiger partial charge in [0, 0.05) is 48.4 Å². The van der Waals surface area contributed by atoms with Gasteiger partial charge in [-0.2, -0.15) is 0 Å². The predicted octanol–water partition coefficient (Wildman–Crippen LogP) is 5.30. The molecule has 7 heteroatoms. The molecule has 0 spiro atoms. The van der Waals surface area contributed by atoms with E-state index in [1.54, 1.807) is 36.6 Å². The molecule has 29 heavy (non-hydrogen) atoms. The zero-order chi connectivity index (χ0) is 20.4. The molecule has 150 valence electrons. The maximum atomic E-state index is 14.5. The Balaban J connectivity index is 1.61. The number of halogens is 1. The van der Waals surface area contributed by atoms with Crippen molar-refractivity contribution in [3.63, 3.8) is 0 Å². The zero-order valence-corrected chi connectivity index (χ0v) is 17.2. The monoisotopic (exact) mass is 411 g/mol. The van der Waals surface area contributed by atoms with Gasteiger partial charge in [0.15, 0.2) is 11.6 Å². The van der Waals surface area contributed by atoms with Crippen LogP contribution >= 0.6 is 11.3 Å². The lowest BCUT2D eigenvalue weighted by molar-refractivity contribution is -0.115. The predicted molar refractivity (Wildman–Crippen MR) is 115 cm³/mol. The lowest BCUT2D eigenvalue weighted by Gasteiger charge is -2.22. The minimum Gasteiger partial charge on any atom is -0.453 e. The second kappa shape index (κ2) is 8.31. The fourth-order valence-corrected chi connectivity index (χ4v) is 4.35. The van der Waals surface area contributed by atoms with E-state index in [-0.39, 0.29) is 11.7 Å². The van der Waals surface area contributed by atoms with Gasteiger partial charge < -0.3 is 15.0 Å². The average molecular weight is 412 g/mol. The van der Waals surface area contributed by atoms with Crippen molar-refractivity contribution in [1.29, 1.82) is 0 Å². The number of pyridine rings is 1. The molecule has 1 aromatic carbocycles. The summed E-state index contributed by atoms with van der Waals surface area (Å²) in [5.74, 6) is -0.0150. The molecule has 0 fully saturated rings. The third-order valence-electron chi connectivity index (χ3n) is 4.79. The second-order valence-electron chi connectivity index (χ2n) is 7.04. The fraction of sp³-hybridized carbons (Fsp3) is 0.273. The SMILES string of the molecule is CCC(=O)Nc1ccc(Oc2ccnc3cc(C4=CCCN(C)C4)sc23)c(F)c1. The van der Waals surface area contributed by atoms with Crippen molar-refractivity contribution in [2.75, 3.05) is 25.5 Å². The molecule has 3 aromatic rings. The van der Waals surface area contributed by atoms with Crippen LogP contribution in [0.15, 0.2) is 42.6 Å². The molecular weight excluding hydrogens is 389 g/mol. The van der Waals surface area contributed by atoms with Crippen molar-refractivity contribution < 1.29 is 13.9 Å². The smallest absolute Gasteiger partial charge is 0.224 e. The first-order valence-electron chi connectivity index (χ1n) is 9.57. The normalized spacial score (nSPS) is 14.7. The highest BCUT2D eigenvalue weighted by molar-refractivity contribution is 7.20. The van der Waals surface area contributed by atoms with Crippen LogP contribution in [-0.2, 0) is 4.79 Å². The maximum absolute atomic E-state index is 14.5. The number of likely N-dealkylation sites (N-methyl/N-ethyl adjacent to an activating group) is 1. The van der Waals surface area contributed by atoms with Crippen LogP contribution in [0.4, 0.5) is 10.1 Å². The Kier molecular flexibility index (Phi) is 5.60. The Hall–Kier alpha value is -2.77. The Bertz CT molecular complexity index is 1090. The molecule has 0 atom stereocenters. The number of carbonyl (C=O) groups excluding carboxylic acids is 1. The number of nitrogens with one attached hydrogen (secondary N) is 1. The van der Waals surface area contributed by atoms with E-state index < -0.39 is 5.82 Å². The van der Waals surface area contributed by atoms with E-state index in [2.05, 4.69) is 34.4 Å². The van der Waals surface area contributed by atoms with Crippen molar-refractivity contribution in [2.24, 2.45) is 0 Å². The fourth-order valence-electron chi connectivity index (χ4n) is 3.25. The highest BCUT2D eigenvalue weighted by Crippen LogP contribution is 2.38. The Labute approximate surface area is 172 Å². The molecular formula is C22H22FN3O2S. The van der Waals surface area contributed by atoms with E-state index >= 15 is 0 Å². The van der Waals surface area contributed by atoms with E-state index in [4.69, 9.17) is 4.74 Å². The summed E-state index contributed by atoms with van der Waals surface area (Å²) >= 11 is 1.61. The number of amides is 1. The third kappa shape index (κ3) is 4.31. The van der Waals surface area contributed by atoms with Gasteiger partial charge >= 0.3 is 0 Å². The molecule has 4 rings (SSSR count). The molecule has 0 saturated heterocycles. The quantitative estimate of drug-likeness (QED) is 0.619. The number of thiophene rings is 1. The van der Waals surface area contributed by atoms with Gasteiger partial charge in [-0.05, 0) is 37.2 Å². The standard InChI is InChI=1S/C22H22FN3O2S/c1-3-21(27)25-15-6-7-18(16(23)11-15)28-19-8-9-24-17-12-20(29-22(17)19)14-5-4-10-26(2)13-14/h5-9,11-12H,3-4,10,13H2,1-2H3,(H,25,27). The summed E-state index contributed by atoms with van der Waals surface area (Å²) in [5.41, 5.74) is 2.53. The van der Waals surface area contributed by atoms with E-state index in [9.17, 15) is 9.18 Å². The first kappa shape index (κ1) is 19.5. The van der Waals surface area contributed by atoms with E-state index in [0.29, 0.717) is 17.9 Å². The Morgan fingerprint density at radius 2 is 2.17 bits per heavy atom. The van der Waals surface area contributed by atoms with Crippen molar-refractivity contribution in [3.05, 3.63) is 53.3 Å². The average Bonchev–Trinajstić information content (AvgIpc) is 3.15. The van der Waals surface area contributed by atoms with Crippen LogP contribution in [-0.4, -0.2) is 35.9 Å². The summed E-state index contributed by atoms with van der Waals surface area (Å²) < 4.78 is 21.3. The van der Waals surface area contributed by atoms with Crippen LogP contribution in [0, 0.1) is 5.82 Å². The number of anilines is 1. The largest absolute Gasteiger partial charge is 0.453 e. The maximum Gasteiger partial charge on any atom is 0.224 e. The van der Waals surface area contributed by atoms with Gasteiger partial charge in [0.25, 0.3) is 0 Å². The number of hydrogen-bond acceptors (Lipinski definition) is 5. The van der Waals surface area contributed by atoms with Crippen molar-refractivity contribution >= 4 is 38.7 Å². The molecule has 0 aliphatic carbocycles. The molecule has 1 aliphatic heterocycles. The minimum absolute atomic E-state index is 0.110. The number of benzene rings is 1. The third-order valence-corrected chi connectivity index (χ3v) is 6.01. The van der Waals surface area contributed by atoms with Gasteiger partial charge in [0.1, 0.15) is 5.75 Å². The molecule has 0 bridgehead atoms. The summed E-state index contributed by atoms with van der Waals surface area (Å²) in [4.78, 5) is 19.4. The summed E-state index contributed by atoms with van der Waals surface area (Å²) in [6, 6.07) is 8.24. The van der Waals surface area contributed by atoms with Crippen molar-refractivity contribution in [1.82, 2.24) is 9.88 Å². The molecule has 0 saturated carbocycles. The van der Waals surface area contributed by atoms with E-state index in [1.807, 2.05) is 0 Å². The van der Waals surface area contributed by atoms with Crippen molar-refractivity contribution in [3.8, 4) is 11.5 Å². The highest BCUT2D eigenvalue weighted by Gasteiger charge is 2.16. The number of ether oxygens (including phenoxy) is 1. The summed E-state index contributed by atoms with van der Waals surface area (Å²) in [5, 5.41) is 2.64. The number of rotatable bonds is 5. The molecule has 3 heterocycles. The van der Waals surface area contributed by atoms with Gasteiger partial charge in [-0.3, -0.25) is 9.78 Å². The number of fused-ring (bicyclic) bond motifs is 1. The zero-order valence-electron chi connectivity index (χ0n) is 16.4. The number of nitrogens with zero attached hydrogens (tertiary/aromatic N) is 2. The van der Waals surface area contributed by atoms with Gasteiger partial charge in [-0.15, -0.1) is 11.3 Å². The van der Waals surface area contributed by atoms with Gasteiger partial charge in [-0.1, -0.05) is 13.0 Å². The summed E-state index contributed by atoms with van der Waals surface area (Å²) in [6.45, 7) is 3.71. The first-order chi connectivity index (χ1) is 14.0. The Morgan fingerprint density at radius 3 is 2.93 bits per heavy atom. The molecule has 1 aliphatic rings. The van der Waals surface area contributed by atoms with Gasteiger partial charge in [0.2, 0.25) is 5.91 Å². The Morgan fingerprint density at radius 1 is 1.31 bits per heavy atom. The summed E-state index contributed by atoms with van der Waals surface area (Å²) in [6.07, 6.45) is 5.31. The van der Waals surface area contributed by atoms with Crippen LogP contribution in [0.5, 0.6) is 11.5 Å². The number of carbonyl (C=O) groups is 1. The second-order valence-corrected chi connectivity index (χ2v) is 8.09. The van der Waals surface area contributed by atoms with Crippen LogP contribution in [0.1, 0.15) is 24.6 Å². The van der Waals surface area contributed by atoms with E-state index in [1.165, 1.54) is 17.7 Å². The van der Waals surface area contributed by atoms with Crippen LogP contribution in [0.2, 0.25) is 0 Å². The summed E-state index contributed by atoms with van der Waals surface area (Å²) in [7, 11) is 2.11. The molecule has 5 nitrogen and oxygen atoms in total. The van der Waals surface area contributed by atoms with Crippen LogP contribution in [0.3, 0.4) is 0 Å². The molecule has 1 amide bonds. The number of hydrogen-bond donors (Lipinski definition) is 1. The molecule has 1 N–H and O–H groups in total. The molecule has 2 aromatic heterocycles. The highest BCUT2D eigenvalue weighted by atomic mass is 32.1. The van der Waals surface area contributed by atoms with E-state index in [0.717, 1.165) is 34.6 Å². The minimum atomic E-state index is -0.530.